The summed E-state index contributed by atoms with van der Waals surface area (Å²) < 4.78 is 7.68. The molecule has 0 fully saturated rings. The van der Waals surface area contributed by atoms with Gasteiger partial charge < -0.3 is 9.30 Å². The SMILES string of the molecule is O=C(N/N=C\c1ccc(OCc2ccccc2)cc1)c1ccccc1-n1cccc1. The number of rotatable bonds is 7. The first kappa shape index (κ1) is 19.2. The molecule has 148 valence electrons. The number of amides is 1. The Morgan fingerprint density at radius 2 is 1.57 bits per heavy atom. The van der Waals surface area contributed by atoms with Crippen LogP contribution in [0.1, 0.15) is 21.5 Å². The molecule has 1 heterocycles. The molecule has 0 aliphatic heterocycles. The molecule has 30 heavy (non-hydrogen) atoms. The maximum atomic E-state index is 12.6. The minimum absolute atomic E-state index is 0.265. The van der Waals surface area contributed by atoms with Crippen LogP contribution >= 0.6 is 0 Å². The van der Waals surface area contributed by atoms with Gasteiger partial charge in [0.15, 0.2) is 0 Å². The van der Waals surface area contributed by atoms with Gasteiger partial charge in [0.25, 0.3) is 5.91 Å². The van der Waals surface area contributed by atoms with E-state index in [4.69, 9.17) is 4.74 Å². The third-order valence-corrected chi connectivity index (χ3v) is 4.54. The number of carbonyl (C=O) groups is 1. The van der Waals surface area contributed by atoms with Gasteiger partial charge >= 0.3 is 0 Å². The zero-order valence-corrected chi connectivity index (χ0v) is 16.3. The maximum Gasteiger partial charge on any atom is 0.273 e. The van der Waals surface area contributed by atoms with Crippen molar-refractivity contribution in [2.24, 2.45) is 5.10 Å². The van der Waals surface area contributed by atoms with Gasteiger partial charge in [-0.3, -0.25) is 4.79 Å². The summed E-state index contributed by atoms with van der Waals surface area (Å²) in [6, 6.07) is 28.8. The van der Waals surface area contributed by atoms with Crippen LogP contribution in [0.25, 0.3) is 5.69 Å². The van der Waals surface area contributed by atoms with Crippen LogP contribution in [-0.2, 0) is 6.61 Å². The highest BCUT2D eigenvalue weighted by molar-refractivity contribution is 5.98. The van der Waals surface area contributed by atoms with Gasteiger partial charge in [-0.25, -0.2) is 5.43 Å². The molecule has 0 saturated carbocycles. The topological polar surface area (TPSA) is 55.6 Å². The second-order valence-electron chi connectivity index (χ2n) is 6.65. The number of carbonyl (C=O) groups excluding carboxylic acids is 1. The van der Waals surface area contributed by atoms with Crippen LogP contribution in [-0.4, -0.2) is 16.7 Å². The first-order valence-electron chi connectivity index (χ1n) is 9.62. The van der Waals surface area contributed by atoms with Crippen LogP contribution in [0.2, 0.25) is 0 Å². The van der Waals surface area contributed by atoms with Crippen molar-refractivity contribution in [2.45, 2.75) is 6.61 Å². The molecule has 0 saturated heterocycles. The number of hydrogen-bond acceptors (Lipinski definition) is 3. The van der Waals surface area contributed by atoms with Crippen molar-refractivity contribution < 1.29 is 9.53 Å². The molecule has 0 unspecified atom stereocenters. The molecular formula is C25H21N3O2. The second kappa shape index (κ2) is 9.39. The summed E-state index contributed by atoms with van der Waals surface area (Å²) in [7, 11) is 0. The van der Waals surface area contributed by atoms with E-state index in [-0.39, 0.29) is 5.91 Å². The summed E-state index contributed by atoms with van der Waals surface area (Å²) in [5.41, 5.74) is 5.93. The summed E-state index contributed by atoms with van der Waals surface area (Å²) in [6.07, 6.45) is 5.41. The number of benzene rings is 3. The normalized spacial score (nSPS) is 10.8. The molecule has 0 bridgehead atoms. The van der Waals surface area contributed by atoms with E-state index in [1.807, 2.05) is 102 Å². The molecular weight excluding hydrogens is 374 g/mol. The molecule has 0 radical (unpaired) electrons. The lowest BCUT2D eigenvalue weighted by atomic mass is 10.1. The zero-order valence-electron chi connectivity index (χ0n) is 16.3. The van der Waals surface area contributed by atoms with Crippen LogP contribution in [0.15, 0.2) is 108 Å². The summed E-state index contributed by atoms with van der Waals surface area (Å²) in [5.74, 6) is 0.513. The van der Waals surface area contributed by atoms with Crippen molar-refractivity contribution in [2.75, 3.05) is 0 Å². The van der Waals surface area contributed by atoms with E-state index in [0.717, 1.165) is 22.6 Å². The van der Waals surface area contributed by atoms with Gasteiger partial charge in [-0.05, 0) is 59.7 Å². The Morgan fingerprint density at radius 1 is 0.867 bits per heavy atom. The highest BCUT2D eigenvalue weighted by Crippen LogP contribution is 2.15. The Morgan fingerprint density at radius 3 is 2.33 bits per heavy atom. The summed E-state index contributed by atoms with van der Waals surface area (Å²) in [5, 5.41) is 4.09. The van der Waals surface area contributed by atoms with Crippen LogP contribution in [0.4, 0.5) is 0 Å². The Hall–Kier alpha value is -4.12. The summed E-state index contributed by atoms with van der Waals surface area (Å²) in [4.78, 5) is 12.6. The number of hydrogen-bond donors (Lipinski definition) is 1. The number of ether oxygens (including phenoxy) is 1. The highest BCUT2D eigenvalue weighted by atomic mass is 16.5. The average molecular weight is 395 g/mol. The maximum absolute atomic E-state index is 12.6. The van der Waals surface area contributed by atoms with Crippen LogP contribution in [0, 0.1) is 0 Å². The van der Waals surface area contributed by atoms with Crippen molar-refractivity contribution in [1.29, 1.82) is 0 Å². The predicted octanol–water partition coefficient (Wildman–Crippen LogP) is 4.82. The van der Waals surface area contributed by atoms with E-state index in [9.17, 15) is 4.79 Å². The average Bonchev–Trinajstić information content (AvgIpc) is 3.34. The smallest absolute Gasteiger partial charge is 0.273 e. The minimum Gasteiger partial charge on any atom is -0.489 e. The van der Waals surface area contributed by atoms with Crippen molar-refractivity contribution in [3.8, 4) is 11.4 Å². The fourth-order valence-electron chi connectivity index (χ4n) is 3.00. The lowest BCUT2D eigenvalue weighted by Gasteiger charge is -2.09. The molecule has 4 aromatic rings. The molecule has 5 heteroatoms. The van der Waals surface area contributed by atoms with E-state index in [2.05, 4.69) is 10.5 Å². The van der Waals surface area contributed by atoms with Crippen molar-refractivity contribution >= 4 is 12.1 Å². The Kier molecular flexibility index (Phi) is 6.01. The molecule has 0 atom stereocenters. The molecule has 4 rings (SSSR count). The van der Waals surface area contributed by atoms with Gasteiger partial charge in [0.1, 0.15) is 12.4 Å². The van der Waals surface area contributed by atoms with Gasteiger partial charge in [-0.2, -0.15) is 5.10 Å². The minimum atomic E-state index is -0.265. The number of nitrogens with one attached hydrogen (secondary N) is 1. The van der Waals surface area contributed by atoms with E-state index in [1.54, 1.807) is 12.3 Å². The van der Waals surface area contributed by atoms with Gasteiger partial charge in [0.05, 0.1) is 17.5 Å². The van der Waals surface area contributed by atoms with Gasteiger partial charge in [0, 0.05) is 12.4 Å². The number of nitrogens with zero attached hydrogens (tertiary/aromatic N) is 2. The standard InChI is InChI=1S/C25H21N3O2/c29-25(23-10-4-5-11-24(23)28-16-6-7-17-28)27-26-18-20-12-14-22(15-13-20)30-19-21-8-2-1-3-9-21/h1-18H,19H2,(H,27,29)/b26-18-. The molecule has 1 amide bonds. The van der Waals surface area contributed by atoms with E-state index in [0.29, 0.717) is 12.2 Å². The lowest BCUT2D eigenvalue weighted by molar-refractivity contribution is 0.0955. The summed E-state index contributed by atoms with van der Waals surface area (Å²) >= 11 is 0. The number of hydrazone groups is 1. The lowest BCUT2D eigenvalue weighted by Crippen LogP contribution is -2.19. The van der Waals surface area contributed by atoms with Gasteiger partial charge in [-0.1, -0.05) is 42.5 Å². The van der Waals surface area contributed by atoms with Crippen LogP contribution in [0.5, 0.6) is 5.75 Å². The molecule has 3 aromatic carbocycles. The first-order valence-corrected chi connectivity index (χ1v) is 9.62. The predicted molar refractivity (Wildman–Crippen MR) is 118 cm³/mol. The Balaban J connectivity index is 1.35. The van der Waals surface area contributed by atoms with Crippen molar-refractivity contribution in [1.82, 2.24) is 9.99 Å². The largest absolute Gasteiger partial charge is 0.489 e. The number of aromatic nitrogens is 1. The van der Waals surface area contributed by atoms with Gasteiger partial charge in [-0.15, -0.1) is 0 Å². The molecule has 1 aromatic heterocycles. The fourth-order valence-corrected chi connectivity index (χ4v) is 3.00. The van der Waals surface area contributed by atoms with E-state index < -0.39 is 0 Å². The monoisotopic (exact) mass is 395 g/mol. The van der Waals surface area contributed by atoms with Crippen molar-refractivity contribution in [3.05, 3.63) is 120 Å². The number of para-hydroxylation sites is 1. The molecule has 0 aliphatic rings. The third kappa shape index (κ3) is 4.83. The molecule has 0 spiro atoms. The van der Waals surface area contributed by atoms with E-state index >= 15 is 0 Å². The summed E-state index contributed by atoms with van der Waals surface area (Å²) in [6.45, 7) is 0.519. The van der Waals surface area contributed by atoms with Crippen LogP contribution in [0.3, 0.4) is 0 Å². The Bertz CT molecular complexity index is 1120. The van der Waals surface area contributed by atoms with Crippen molar-refractivity contribution in [3.63, 3.8) is 0 Å². The Labute approximate surface area is 175 Å². The third-order valence-electron chi connectivity index (χ3n) is 4.54. The molecule has 1 N–H and O–H groups in total. The van der Waals surface area contributed by atoms with E-state index in [1.165, 1.54) is 0 Å². The zero-order chi connectivity index (χ0) is 20.6. The molecule has 5 nitrogen and oxygen atoms in total. The quantitative estimate of drug-likeness (QED) is 0.360. The fraction of sp³-hybridized carbons (Fsp3) is 0.0400. The van der Waals surface area contributed by atoms with Crippen LogP contribution < -0.4 is 10.2 Å². The molecule has 0 aliphatic carbocycles. The second-order valence-corrected chi connectivity index (χ2v) is 6.65. The highest BCUT2D eigenvalue weighted by Gasteiger charge is 2.10. The van der Waals surface area contributed by atoms with Gasteiger partial charge in [0.2, 0.25) is 0 Å². The first-order chi connectivity index (χ1) is 14.8.